The van der Waals surface area contributed by atoms with Crippen LogP contribution in [-0.2, 0) is 36.0 Å². The molecule has 0 atom stereocenters. The quantitative estimate of drug-likeness (QED) is 0.242. The van der Waals surface area contributed by atoms with Crippen molar-refractivity contribution in [1.82, 2.24) is 0 Å². The number of hydrogen-bond donors (Lipinski definition) is 3. The summed E-state index contributed by atoms with van der Waals surface area (Å²) in [4.78, 5) is 25.6. The molecule has 6 nitrogen and oxygen atoms in total. The smallest absolute Gasteiger partial charge is 0.341 e. The minimum absolute atomic E-state index is 0.0704. The molecule has 0 bridgehead atoms. The fourth-order valence-electron chi connectivity index (χ4n) is 5.53. The van der Waals surface area contributed by atoms with Gasteiger partial charge in [0.05, 0.1) is 22.3 Å². The summed E-state index contributed by atoms with van der Waals surface area (Å²) in [6.07, 6.45) is 2.37. The maximum atomic E-state index is 13.5. The summed E-state index contributed by atoms with van der Waals surface area (Å²) >= 11 is 7.22. The molecule has 0 aliphatic carbocycles. The van der Waals surface area contributed by atoms with Gasteiger partial charge < -0.3 is 20.1 Å². The number of rotatable bonds is 7. The van der Waals surface area contributed by atoms with E-state index in [1.54, 1.807) is 6.07 Å². The fraction of sp³-hybridized carbons (Fsp3) is 0.310. The fourth-order valence-corrected chi connectivity index (χ4v) is 7.02. The number of cyclic esters (lactones) is 1. The maximum absolute atomic E-state index is 13.5. The predicted octanol–water partition coefficient (Wildman–Crippen LogP) is 7.03. The van der Waals surface area contributed by atoms with Crippen molar-refractivity contribution in [3.63, 3.8) is 0 Å². The third-order valence-corrected chi connectivity index (χ3v) is 8.45. The lowest BCUT2D eigenvalue weighted by Gasteiger charge is -2.35. The lowest BCUT2D eigenvalue weighted by atomic mass is 9.76. The van der Waals surface area contributed by atoms with Gasteiger partial charge in [0.2, 0.25) is 0 Å². The number of fused-ring (bicyclic) bond motifs is 1. The van der Waals surface area contributed by atoms with Crippen molar-refractivity contribution in [3.05, 3.63) is 89.3 Å². The van der Waals surface area contributed by atoms with Crippen LogP contribution in [0.2, 0.25) is 0 Å². The topological polar surface area (TPSA) is 104 Å². The van der Waals surface area contributed by atoms with E-state index >= 15 is 0 Å². The van der Waals surface area contributed by atoms with Gasteiger partial charge in [-0.25, -0.2) is 9.59 Å². The second kappa shape index (κ2) is 10.1. The maximum Gasteiger partial charge on any atom is 0.341 e. The van der Waals surface area contributed by atoms with Crippen LogP contribution >= 0.6 is 31.9 Å². The van der Waals surface area contributed by atoms with Crippen LogP contribution in [0.4, 0.5) is 0 Å². The molecule has 37 heavy (non-hydrogen) atoms. The van der Waals surface area contributed by atoms with Crippen LogP contribution in [0.15, 0.2) is 39.3 Å². The Morgan fingerprint density at radius 1 is 0.865 bits per heavy atom. The van der Waals surface area contributed by atoms with Crippen molar-refractivity contribution < 1.29 is 29.6 Å². The molecule has 1 aliphatic rings. The number of phenols is 2. The average molecular weight is 632 g/mol. The van der Waals surface area contributed by atoms with E-state index in [-0.39, 0.29) is 39.3 Å². The van der Waals surface area contributed by atoms with Crippen LogP contribution < -0.4 is 0 Å². The van der Waals surface area contributed by atoms with Crippen molar-refractivity contribution in [3.8, 4) is 11.5 Å². The number of hydrogen-bond acceptors (Lipinski definition) is 5. The molecular formula is C29H28Br2O6. The first kappa shape index (κ1) is 27.2. The zero-order valence-electron chi connectivity index (χ0n) is 21.0. The molecule has 0 saturated carbocycles. The van der Waals surface area contributed by atoms with Crippen molar-refractivity contribution in [2.75, 3.05) is 0 Å². The summed E-state index contributed by atoms with van der Waals surface area (Å²) in [6, 6.07) is 8.27. The predicted molar refractivity (Wildman–Crippen MR) is 148 cm³/mol. The van der Waals surface area contributed by atoms with Crippen LogP contribution in [0.1, 0.15) is 87.4 Å². The lowest BCUT2D eigenvalue weighted by Crippen LogP contribution is -2.32. The van der Waals surface area contributed by atoms with E-state index in [0.717, 1.165) is 11.1 Å². The molecule has 1 heterocycles. The highest BCUT2D eigenvalue weighted by Gasteiger charge is 2.55. The number of benzene rings is 3. The molecule has 0 spiro atoms. The largest absolute Gasteiger partial charge is 0.507 e. The SMILES string of the molecule is CCc1cc(Br)c(C2(c3c(Br)cc(CC)c(CC)c3O)OC(=O)c3c(C(=O)O)cccc32)c(O)c1CC. The van der Waals surface area contributed by atoms with Crippen LogP contribution in [0.25, 0.3) is 0 Å². The van der Waals surface area contributed by atoms with Gasteiger partial charge in [0.25, 0.3) is 0 Å². The summed E-state index contributed by atoms with van der Waals surface area (Å²) in [5.74, 6) is -2.26. The number of carbonyl (C=O) groups is 2. The van der Waals surface area contributed by atoms with Gasteiger partial charge in [-0.3, -0.25) is 0 Å². The highest BCUT2D eigenvalue weighted by molar-refractivity contribution is 9.10. The number of phenolic OH excluding ortho intramolecular Hbond substituents is 2. The molecule has 0 aromatic heterocycles. The first-order valence-corrected chi connectivity index (χ1v) is 13.8. The summed E-state index contributed by atoms with van der Waals surface area (Å²) in [5.41, 5.74) is 1.79. The second-order valence-corrected chi connectivity index (χ2v) is 10.7. The molecule has 0 unspecified atom stereocenters. The lowest BCUT2D eigenvalue weighted by molar-refractivity contribution is 0.0232. The van der Waals surface area contributed by atoms with Crippen molar-refractivity contribution in [2.24, 2.45) is 0 Å². The van der Waals surface area contributed by atoms with Gasteiger partial charge in [0.1, 0.15) is 11.5 Å². The van der Waals surface area contributed by atoms with Crippen LogP contribution in [-0.4, -0.2) is 27.3 Å². The average Bonchev–Trinajstić information content (AvgIpc) is 3.15. The molecule has 0 saturated heterocycles. The molecular weight excluding hydrogens is 604 g/mol. The van der Waals surface area contributed by atoms with Gasteiger partial charge >= 0.3 is 11.9 Å². The minimum atomic E-state index is -1.82. The summed E-state index contributed by atoms with van der Waals surface area (Å²) < 4.78 is 7.12. The van der Waals surface area contributed by atoms with Crippen LogP contribution in [0, 0.1) is 0 Å². The molecule has 4 rings (SSSR count). The van der Waals surface area contributed by atoms with E-state index in [1.165, 1.54) is 12.1 Å². The van der Waals surface area contributed by atoms with Gasteiger partial charge in [-0.2, -0.15) is 0 Å². The van der Waals surface area contributed by atoms with E-state index < -0.39 is 17.5 Å². The summed E-state index contributed by atoms with van der Waals surface area (Å²) in [7, 11) is 0. The van der Waals surface area contributed by atoms with Gasteiger partial charge in [0.15, 0.2) is 5.60 Å². The number of aromatic carboxylic acids is 1. The molecule has 0 radical (unpaired) electrons. The molecule has 3 aromatic rings. The first-order chi connectivity index (χ1) is 17.6. The number of halogens is 2. The molecule has 3 aromatic carbocycles. The van der Waals surface area contributed by atoms with E-state index in [0.29, 0.717) is 45.8 Å². The van der Waals surface area contributed by atoms with E-state index in [4.69, 9.17) is 4.74 Å². The monoisotopic (exact) mass is 630 g/mol. The van der Waals surface area contributed by atoms with Crippen LogP contribution in [0.5, 0.6) is 11.5 Å². The van der Waals surface area contributed by atoms with Gasteiger partial charge in [-0.05, 0) is 66.1 Å². The van der Waals surface area contributed by atoms with E-state index in [2.05, 4.69) is 31.9 Å². The number of carboxylic acids is 1. The van der Waals surface area contributed by atoms with Gasteiger partial charge in [-0.15, -0.1) is 0 Å². The van der Waals surface area contributed by atoms with E-state index in [9.17, 15) is 24.9 Å². The normalized spacial score (nSPS) is 13.9. The summed E-state index contributed by atoms with van der Waals surface area (Å²) in [5, 5.41) is 33.3. The molecule has 0 amide bonds. The van der Waals surface area contributed by atoms with Crippen LogP contribution in [0.3, 0.4) is 0 Å². The Balaban J connectivity index is 2.28. The minimum Gasteiger partial charge on any atom is -0.507 e. The Labute approximate surface area is 232 Å². The van der Waals surface area contributed by atoms with Gasteiger partial charge in [-0.1, -0.05) is 71.7 Å². The van der Waals surface area contributed by atoms with Crippen molar-refractivity contribution in [1.29, 1.82) is 0 Å². The number of ether oxygens (including phenoxy) is 1. The Morgan fingerprint density at radius 2 is 1.35 bits per heavy atom. The third-order valence-electron chi connectivity index (χ3n) is 7.20. The zero-order valence-corrected chi connectivity index (χ0v) is 24.2. The molecule has 194 valence electrons. The Hall–Kier alpha value is -2.84. The van der Waals surface area contributed by atoms with Gasteiger partial charge in [0, 0.05) is 14.5 Å². The number of aromatic hydroxyl groups is 2. The standard InChI is InChI=1S/C29H28Br2O6/c1-5-14-12-20(30)23(25(32)16(14)7-3)29(24-21(31)13-15(6-2)17(8-4)26(24)33)19-11-9-10-18(27(34)35)22(19)28(36)37-29/h9-13,32-33H,5-8H2,1-4H3,(H,34,35). The Morgan fingerprint density at radius 3 is 1.76 bits per heavy atom. The third kappa shape index (κ3) is 3.96. The number of carboxylic acid groups (broad SMARTS) is 1. The number of esters is 1. The highest BCUT2D eigenvalue weighted by atomic mass is 79.9. The Bertz CT molecular complexity index is 1380. The number of carbonyl (C=O) groups excluding carboxylic acids is 1. The molecule has 1 aliphatic heterocycles. The second-order valence-electron chi connectivity index (χ2n) is 8.96. The first-order valence-electron chi connectivity index (χ1n) is 12.3. The molecule has 0 fully saturated rings. The van der Waals surface area contributed by atoms with Crippen molar-refractivity contribution in [2.45, 2.75) is 59.0 Å². The van der Waals surface area contributed by atoms with E-state index in [1.807, 2.05) is 39.8 Å². The highest BCUT2D eigenvalue weighted by Crippen LogP contribution is 2.58. The molecule has 3 N–H and O–H groups in total. The Kier molecular flexibility index (Phi) is 7.45. The molecule has 8 heteroatoms. The number of aryl methyl sites for hydroxylation is 2. The summed E-state index contributed by atoms with van der Waals surface area (Å²) in [6.45, 7) is 7.82. The zero-order chi connectivity index (χ0) is 27.2. The van der Waals surface area contributed by atoms with Crippen molar-refractivity contribution >= 4 is 43.8 Å².